The summed E-state index contributed by atoms with van der Waals surface area (Å²) >= 11 is 0. The lowest BCUT2D eigenvalue weighted by Gasteiger charge is -1.95. The summed E-state index contributed by atoms with van der Waals surface area (Å²) in [5.74, 6) is 0. The standard InChI is InChI=1S/C7H8N4/c1-2-6-7-10-9-5-11(7)4-3-8-6/h3-5H,2H2,1H3. The van der Waals surface area contributed by atoms with Crippen LogP contribution in [0.25, 0.3) is 5.65 Å². The molecule has 0 atom stereocenters. The molecule has 0 amide bonds. The average Bonchev–Trinajstić information content (AvgIpc) is 2.50. The van der Waals surface area contributed by atoms with Crippen molar-refractivity contribution in [2.75, 3.05) is 0 Å². The first-order valence-electron chi connectivity index (χ1n) is 3.55. The minimum atomic E-state index is 0.856. The second-order valence-electron chi connectivity index (χ2n) is 2.29. The van der Waals surface area contributed by atoms with Crippen LogP contribution in [0, 0.1) is 0 Å². The number of fused-ring (bicyclic) bond motifs is 1. The van der Waals surface area contributed by atoms with Gasteiger partial charge in [0.2, 0.25) is 0 Å². The maximum atomic E-state index is 4.17. The van der Waals surface area contributed by atoms with Crippen molar-refractivity contribution >= 4 is 5.65 Å². The number of hydrogen-bond donors (Lipinski definition) is 0. The van der Waals surface area contributed by atoms with Crippen LogP contribution >= 0.6 is 0 Å². The zero-order valence-corrected chi connectivity index (χ0v) is 6.23. The number of rotatable bonds is 1. The minimum Gasteiger partial charge on any atom is -0.286 e. The van der Waals surface area contributed by atoms with E-state index in [9.17, 15) is 0 Å². The van der Waals surface area contributed by atoms with Gasteiger partial charge in [0, 0.05) is 12.4 Å². The molecule has 0 aliphatic carbocycles. The van der Waals surface area contributed by atoms with E-state index in [2.05, 4.69) is 22.1 Å². The van der Waals surface area contributed by atoms with Crippen LogP contribution in [0.5, 0.6) is 0 Å². The highest BCUT2D eigenvalue weighted by Gasteiger charge is 2.00. The van der Waals surface area contributed by atoms with Gasteiger partial charge in [0.1, 0.15) is 6.33 Å². The smallest absolute Gasteiger partial charge is 0.182 e. The molecule has 0 aliphatic heterocycles. The maximum Gasteiger partial charge on any atom is 0.182 e. The Labute approximate surface area is 63.9 Å². The van der Waals surface area contributed by atoms with Gasteiger partial charge < -0.3 is 0 Å². The van der Waals surface area contributed by atoms with Crippen molar-refractivity contribution in [1.82, 2.24) is 19.6 Å². The second kappa shape index (κ2) is 2.30. The van der Waals surface area contributed by atoms with Crippen molar-refractivity contribution in [2.24, 2.45) is 0 Å². The Hall–Kier alpha value is -1.45. The molecule has 2 aromatic rings. The summed E-state index contributed by atoms with van der Waals surface area (Å²) < 4.78 is 1.87. The fraction of sp³-hybridized carbons (Fsp3) is 0.286. The molecule has 2 rings (SSSR count). The molecule has 0 saturated carbocycles. The topological polar surface area (TPSA) is 43.1 Å². The third-order valence-corrected chi connectivity index (χ3v) is 1.62. The first kappa shape index (κ1) is 6.27. The Morgan fingerprint density at radius 3 is 3.27 bits per heavy atom. The number of nitrogens with zero attached hydrogens (tertiary/aromatic N) is 4. The zero-order chi connectivity index (χ0) is 7.68. The maximum absolute atomic E-state index is 4.17. The van der Waals surface area contributed by atoms with E-state index in [1.807, 2.05) is 10.6 Å². The predicted molar refractivity (Wildman–Crippen MR) is 40.2 cm³/mol. The van der Waals surface area contributed by atoms with Crippen LogP contribution in [0.3, 0.4) is 0 Å². The van der Waals surface area contributed by atoms with Gasteiger partial charge >= 0.3 is 0 Å². The van der Waals surface area contributed by atoms with Gasteiger partial charge in [0.05, 0.1) is 5.69 Å². The third kappa shape index (κ3) is 0.869. The Kier molecular flexibility index (Phi) is 1.31. The quantitative estimate of drug-likeness (QED) is 0.597. The number of hydrogen-bond acceptors (Lipinski definition) is 3. The first-order chi connectivity index (χ1) is 5.42. The van der Waals surface area contributed by atoms with E-state index >= 15 is 0 Å². The fourth-order valence-electron chi connectivity index (χ4n) is 1.06. The summed E-state index contributed by atoms with van der Waals surface area (Å²) in [7, 11) is 0. The molecule has 0 unspecified atom stereocenters. The summed E-state index contributed by atoms with van der Waals surface area (Å²) in [5, 5.41) is 7.72. The molecule has 0 N–H and O–H groups in total. The van der Waals surface area contributed by atoms with E-state index in [0.29, 0.717) is 0 Å². The molecule has 0 aliphatic rings. The summed E-state index contributed by atoms with van der Waals surface area (Å²) in [6.07, 6.45) is 6.17. The van der Waals surface area contributed by atoms with E-state index in [0.717, 1.165) is 17.8 Å². The SMILES string of the molecule is CCc1nccn2cnnc12. The predicted octanol–water partition coefficient (Wildman–Crippen LogP) is 0.687. The molecule has 0 radical (unpaired) electrons. The van der Waals surface area contributed by atoms with E-state index in [1.54, 1.807) is 12.5 Å². The van der Waals surface area contributed by atoms with E-state index in [4.69, 9.17) is 0 Å². The molecule has 2 heterocycles. The van der Waals surface area contributed by atoms with E-state index in [-0.39, 0.29) is 0 Å². The molecule has 11 heavy (non-hydrogen) atoms. The van der Waals surface area contributed by atoms with Crippen molar-refractivity contribution < 1.29 is 0 Å². The number of aromatic nitrogens is 4. The highest BCUT2D eigenvalue weighted by atomic mass is 15.2. The molecular formula is C7H8N4. The van der Waals surface area contributed by atoms with Gasteiger partial charge in [0.25, 0.3) is 0 Å². The Bertz CT molecular complexity index is 365. The lowest BCUT2D eigenvalue weighted by Crippen LogP contribution is -1.92. The van der Waals surface area contributed by atoms with E-state index < -0.39 is 0 Å². The van der Waals surface area contributed by atoms with Crippen LogP contribution in [0.15, 0.2) is 18.7 Å². The second-order valence-corrected chi connectivity index (χ2v) is 2.29. The highest BCUT2D eigenvalue weighted by molar-refractivity contribution is 5.41. The molecule has 2 aromatic heterocycles. The monoisotopic (exact) mass is 148 g/mol. The van der Waals surface area contributed by atoms with Gasteiger partial charge in [-0.2, -0.15) is 0 Å². The van der Waals surface area contributed by atoms with Crippen molar-refractivity contribution in [3.8, 4) is 0 Å². The lowest BCUT2D eigenvalue weighted by atomic mass is 10.3. The third-order valence-electron chi connectivity index (χ3n) is 1.62. The molecule has 0 saturated heterocycles. The van der Waals surface area contributed by atoms with Crippen LogP contribution < -0.4 is 0 Å². The zero-order valence-electron chi connectivity index (χ0n) is 6.23. The Morgan fingerprint density at radius 1 is 1.55 bits per heavy atom. The normalized spacial score (nSPS) is 10.6. The van der Waals surface area contributed by atoms with Gasteiger partial charge in [-0.1, -0.05) is 6.92 Å². The summed E-state index contributed by atoms with van der Waals surface area (Å²) in [6, 6.07) is 0. The van der Waals surface area contributed by atoms with Crippen molar-refractivity contribution in [3.63, 3.8) is 0 Å². The molecule has 56 valence electrons. The fourth-order valence-corrected chi connectivity index (χ4v) is 1.06. The molecular weight excluding hydrogens is 140 g/mol. The molecule has 0 fully saturated rings. The van der Waals surface area contributed by atoms with Crippen LogP contribution in [0.2, 0.25) is 0 Å². The van der Waals surface area contributed by atoms with Gasteiger partial charge in [-0.25, -0.2) is 0 Å². The summed E-state index contributed by atoms with van der Waals surface area (Å²) in [4.78, 5) is 4.17. The van der Waals surface area contributed by atoms with E-state index in [1.165, 1.54) is 0 Å². The molecule has 4 nitrogen and oxygen atoms in total. The van der Waals surface area contributed by atoms with Crippen molar-refractivity contribution in [2.45, 2.75) is 13.3 Å². The number of aryl methyl sites for hydroxylation is 1. The first-order valence-corrected chi connectivity index (χ1v) is 3.55. The Balaban J connectivity index is 2.79. The van der Waals surface area contributed by atoms with Crippen LogP contribution in [0.1, 0.15) is 12.6 Å². The van der Waals surface area contributed by atoms with Gasteiger partial charge in [-0.05, 0) is 6.42 Å². The van der Waals surface area contributed by atoms with Gasteiger partial charge in [-0.15, -0.1) is 10.2 Å². The van der Waals surface area contributed by atoms with Crippen LogP contribution in [0.4, 0.5) is 0 Å². The average molecular weight is 148 g/mol. The Morgan fingerprint density at radius 2 is 2.45 bits per heavy atom. The molecule has 0 bridgehead atoms. The van der Waals surface area contributed by atoms with Gasteiger partial charge in [-0.3, -0.25) is 9.38 Å². The minimum absolute atomic E-state index is 0.856. The summed E-state index contributed by atoms with van der Waals surface area (Å²) in [6.45, 7) is 2.05. The molecule has 4 heteroatoms. The largest absolute Gasteiger partial charge is 0.286 e. The molecule has 0 spiro atoms. The van der Waals surface area contributed by atoms with Crippen LogP contribution in [-0.4, -0.2) is 19.6 Å². The summed E-state index contributed by atoms with van der Waals surface area (Å²) in [5.41, 5.74) is 1.85. The molecule has 0 aromatic carbocycles. The van der Waals surface area contributed by atoms with Crippen molar-refractivity contribution in [3.05, 3.63) is 24.4 Å². The lowest BCUT2D eigenvalue weighted by molar-refractivity contribution is 0.992. The van der Waals surface area contributed by atoms with Gasteiger partial charge in [0.15, 0.2) is 5.65 Å². The highest BCUT2D eigenvalue weighted by Crippen LogP contribution is 2.02. The van der Waals surface area contributed by atoms with Crippen molar-refractivity contribution in [1.29, 1.82) is 0 Å². The van der Waals surface area contributed by atoms with Crippen LogP contribution in [-0.2, 0) is 6.42 Å².